The molecule has 7 nitrogen and oxygen atoms in total. The number of carbonyl (C=O) groups is 1. The maximum absolute atomic E-state index is 15.0. The van der Waals surface area contributed by atoms with Gasteiger partial charge in [-0.15, -0.1) is 11.3 Å². The fraction of sp³-hybridized carbons (Fsp3) is 0.259. The molecule has 2 amide bonds. The molecule has 0 bridgehead atoms. The van der Waals surface area contributed by atoms with Crippen LogP contribution >= 0.6 is 34.9 Å². The van der Waals surface area contributed by atoms with Gasteiger partial charge in [0.15, 0.2) is 0 Å². The Kier molecular flexibility index (Phi) is 8.53. The molecule has 38 heavy (non-hydrogen) atoms. The van der Waals surface area contributed by atoms with E-state index in [0.29, 0.717) is 9.72 Å². The summed E-state index contributed by atoms with van der Waals surface area (Å²) in [5, 5.41) is 7.31. The predicted molar refractivity (Wildman–Crippen MR) is 156 cm³/mol. The lowest BCUT2D eigenvalue weighted by Crippen LogP contribution is -2.23. The number of thiophene rings is 1. The van der Waals surface area contributed by atoms with Gasteiger partial charge in [-0.1, -0.05) is 11.6 Å². The van der Waals surface area contributed by atoms with Crippen LogP contribution in [0.5, 0.6) is 0 Å². The average molecular weight is 572 g/mol. The molecule has 3 heterocycles. The van der Waals surface area contributed by atoms with Crippen LogP contribution in [0.1, 0.15) is 19.3 Å². The van der Waals surface area contributed by atoms with Crippen molar-refractivity contribution in [2.75, 3.05) is 36.8 Å². The van der Waals surface area contributed by atoms with Crippen molar-refractivity contribution in [1.29, 1.82) is 0 Å². The van der Waals surface area contributed by atoms with Gasteiger partial charge in [0.2, 0.25) is 0 Å². The molecule has 2 aromatic heterocycles. The maximum atomic E-state index is 15.0. The fourth-order valence-corrected chi connectivity index (χ4v) is 6.33. The lowest BCUT2D eigenvalue weighted by atomic mass is 10.1. The minimum absolute atomic E-state index is 0.106. The molecule has 0 aliphatic carbocycles. The van der Waals surface area contributed by atoms with Crippen molar-refractivity contribution in [2.45, 2.75) is 23.5 Å². The second-order valence-electron chi connectivity index (χ2n) is 9.00. The third-order valence-corrected chi connectivity index (χ3v) is 8.49. The zero-order valence-corrected chi connectivity index (χ0v) is 22.9. The third kappa shape index (κ3) is 6.50. The van der Waals surface area contributed by atoms with E-state index in [1.807, 2.05) is 12.1 Å². The topological polar surface area (TPSA) is 78.4 Å². The number of carbonyl (C=O) groups excluding carboxylic acids is 1. The number of benzene rings is 2. The minimum atomic E-state index is -0.627. The van der Waals surface area contributed by atoms with Crippen molar-refractivity contribution in [1.82, 2.24) is 14.2 Å². The zero-order chi connectivity index (χ0) is 26.5. The van der Waals surface area contributed by atoms with Gasteiger partial charge in [-0.05, 0) is 111 Å². The van der Waals surface area contributed by atoms with E-state index in [1.54, 1.807) is 36.5 Å². The van der Waals surface area contributed by atoms with E-state index in [2.05, 4.69) is 20.3 Å². The average Bonchev–Trinajstić information content (AvgIpc) is 3.58. The molecule has 4 aromatic rings. The number of pyridine rings is 1. The number of anilines is 2. The lowest BCUT2D eigenvalue weighted by Gasteiger charge is -2.15. The Hall–Kier alpha value is -3.05. The number of hydrogen-bond acceptors (Lipinski definition) is 6. The standard InChI is InChI=1S/C27H27ClFN5O2S2/c28-24-8-9-25(37-24)38-32-27(36)31-20-5-7-23(22(29)17-20)34-15-10-18-16-19(4-6-21(18)26(34)35)30-11-3-14-33-12-1-2-13-33/h4-10,15-17,30H,1-3,11-14H2,(H2,31,32,36). The first kappa shape index (κ1) is 26.6. The zero-order valence-electron chi connectivity index (χ0n) is 20.5. The quantitative estimate of drug-likeness (QED) is 0.156. The van der Waals surface area contributed by atoms with E-state index in [9.17, 15) is 9.59 Å². The van der Waals surface area contributed by atoms with Crippen molar-refractivity contribution in [3.05, 3.63) is 81.3 Å². The molecular formula is C27H27ClFN5O2S2. The third-order valence-electron chi connectivity index (χ3n) is 6.34. The predicted octanol–water partition coefficient (Wildman–Crippen LogP) is 6.57. The Morgan fingerprint density at radius 2 is 1.87 bits per heavy atom. The lowest BCUT2D eigenvalue weighted by molar-refractivity contribution is 0.257. The smallest absolute Gasteiger partial charge is 0.329 e. The van der Waals surface area contributed by atoms with Crippen LogP contribution in [-0.2, 0) is 0 Å². The summed E-state index contributed by atoms with van der Waals surface area (Å²) in [6.07, 6.45) is 5.23. The van der Waals surface area contributed by atoms with Crippen molar-refractivity contribution in [3.63, 3.8) is 0 Å². The molecular weight excluding hydrogens is 545 g/mol. The van der Waals surface area contributed by atoms with Crippen LogP contribution in [0.4, 0.5) is 20.6 Å². The number of urea groups is 1. The number of nitrogens with zero attached hydrogens (tertiary/aromatic N) is 2. The summed E-state index contributed by atoms with van der Waals surface area (Å²) in [5.41, 5.74) is 1.01. The largest absolute Gasteiger partial charge is 0.385 e. The summed E-state index contributed by atoms with van der Waals surface area (Å²) in [4.78, 5) is 27.8. The second kappa shape index (κ2) is 12.2. The molecule has 0 atom stereocenters. The first-order valence-electron chi connectivity index (χ1n) is 12.4. The van der Waals surface area contributed by atoms with Crippen molar-refractivity contribution >= 4 is 63.1 Å². The molecule has 2 aromatic carbocycles. The van der Waals surface area contributed by atoms with Gasteiger partial charge < -0.3 is 15.5 Å². The molecule has 0 spiro atoms. The Morgan fingerprint density at radius 3 is 2.63 bits per heavy atom. The fourth-order valence-electron chi connectivity index (χ4n) is 4.47. The van der Waals surface area contributed by atoms with E-state index in [-0.39, 0.29) is 16.9 Å². The van der Waals surface area contributed by atoms with Crippen LogP contribution in [0.15, 0.2) is 69.8 Å². The highest BCUT2D eigenvalue weighted by molar-refractivity contribution is 7.99. The Bertz CT molecular complexity index is 1500. The van der Waals surface area contributed by atoms with Gasteiger partial charge in [-0.2, -0.15) is 0 Å². The Morgan fingerprint density at radius 1 is 1.05 bits per heavy atom. The molecule has 198 valence electrons. The van der Waals surface area contributed by atoms with Crippen LogP contribution < -0.4 is 20.9 Å². The van der Waals surface area contributed by atoms with E-state index in [4.69, 9.17) is 11.6 Å². The van der Waals surface area contributed by atoms with E-state index >= 15 is 4.39 Å². The Labute approximate surface area is 233 Å². The second-order valence-corrected chi connectivity index (χ2v) is 11.8. The van der Waals surface area contributed by atoms with Crippen LogP contribution in [0.2, 0.25) is 4.34 Å². The summed E-state index contributed by atoms with van der Waals surface area (Å²) in [6, 6.07) is 14.6. The molecule has 0 saturated carbocycles. The van der Waals surface area contributed by atoms with Crippen LogP contribution in [-0.4, -0.2) is 41.7 Å². The molecule has 0 unspecified atom stereocenters. The molecule has 1 aliphatic rings. The minimum Gasteiger partial charge on any atom is -0.385 e. The van der Waals surface area contributed by atoms with Crippen molar-refractivity contribution < 1.29 is 9.18 Å². The van der Waals surface area contributed by atoms with Crippen molar-refractivity contribution in [2.24, 2.45) is 0 Å². The molecule has 0 radical (unpaired) electrons. The number of likely N-dealkylation sites (tertiary alicyclic amines) is 1. The highest BCUT2D eigenvalue weighted by Gasteiger charge is 2.13. The number of nitrogens with one attached hydrogen (secondary N) is 3. The summed E-state index contributed by atoms with van der Waals surface area (Å²) in [5.74, 6) is -0.627. The summed E-state index contributed by atoms with van der Waals surface area (Å²) >= 11 is 8.34. The molecule has 5 rings (SSSR count). The number of halogens is 2. The number of fused-ring (bicyclic) bond motifs is 1. The number of aromatic nitrogens is 1. The first-order chi connectivity index (χ1) is 18.5. The molecule has 1 aliphatic heterocycles. The molecule has 3 N–H and O–H groups in total. The van der Waals surface area contributed by atoms with Gasteiger partial charge >= 0.3 is 6.03 Å². The first-order valence-corrected chi connectivity index (χ1v) is 14.4. The van der Waals surface area contributed by atoms with E-state index in [1.165, 1.54) is 54.0 Å². The molecule has 1 saturated heterocycles. The van der Waals surface area contributed by atoms with Crippen LogP contribution in [0.25, 0.3) is 16.5 Å². The van der Waals surface area contributed by atoms with Gasteiger partial charge in [0.05, 0.1) is 14.2 Å². The number of rotatable bonds is 9. The normalized spacial score (nSPS) is 13.6. The number of amides is 2. The van der Waals surface area contributed by atoms with Crippen LogP contribution in [0, 0.1) is 5.82 Å². The van der Waals surface area contributed by atoms with Crippen LogP contribution in [0.3, 0.4) is 0 Å². The SMILES string of the molecule is O=C(NSc1ccc(Cl)s1)Nc1ccc(-n2ccc3cc(NCCCN4CCCC4)ccc3c2=O)c(F)c1. The van der Waals surface area contributed by atoms with E-state index in [0.717, 1.165) is 46.7 Å². The van der Waals surface area contributed by atoms with Crippen molar-refractivity contribution in [3.8, 4) is 5.69 Å². The van der Waals surface area contributed by atoms with Gasteiger partial charge in [-0.25, -0.2) is 9.18 Å². The van der Waals surface area contributed by atoms with Gasteiger partial charge in [0, 0.05) is 29.5 Å². The molecule has 1 fully saturated rings. The summed E-state index contributed by atoms with van der Waals surface area (Å²) < 4.78 is 20.4. The monoisotopic (exact) mass is 571 g/mol. The Balaban J connectivity index is 1.22. The number of hydrogen-bond donors (Lipinski definition) is 3. The highest BCUT2D eigenvalue weighted by Crippen LogP contribution is 2.28. The summed E-state index contributed by atoms with van der Waals surface area (Å²) in [6.45, 7) is 4.36. The molecule has 11 heteroatoms. The highest BCUT2D eigenvalue weighted by atomic mass is 35.5. The summed E-state index contributed by atoms with van der Waals surface area (Å²) in [7, 11) is 0. The van der Waals surface area contributed by atoms with Gasteiger partial charge in [-0.3, -0.25) is 14.1 Å². The maximum Gasteiger partial charge on any atom is 0.329 e. The van der Waals surface area contributed by atoms with Gasteiger partial charge in [0.25, 0.3) is 5.56 Å². The van der Waals surface area contributed by atoms with Gasteiger partial charge in [0.1, 0.15) is 5.82 Å². The van der Waals surface area contributed by atoms with E-state index < -0.39 is 11.8 Å².